The van der Waals surface area contributed by atoms with Crippen LogP contribution in [0.4, 0.5) is 14.9 Å². The van der Waals surface area contributed by atoms with Gasteiger partial charge < -0.3 is 10.1 Å². The molecule has 1 heterocycles. The third kappa shape index (κ3) is 5.78. The molecule has 1 saturated heterocycles. The van der Waals surface area contributed by atoms with Crippen LogP contribution in [0.1, 0.15) is 18.4 Å². The van der Waals surface area contributed by atoms with E-state index in [1.165, 1.54) is 17.7 Å². The van der Waals surface area contributed by atoms with Gasteiger partial charge in [0.2, 0.25) is 0 Å². The SMILES string of the molecule is COCCN(C(=O)Nc1cccc(F)c1)N1CCC[C@H](Cc2ccccc2)C1. The molecule has 1 atom stereocenters. The zero-order valence-corrected chi connectivity index (χ0v) is 16.3. The van der Waals surface area contributed by atoms with Crippen LogP contribution in [-0.4, -0.2) is 49.4 Å². The summed E-state index contributed by atoms with van der Waals surface area (Å²) in [7, 11) is 1.62. The number of anilines is 1. The monoisotopic (exact) mass is 385 g/mol. The summed E-state index contributed by atoms with van der Waals surface area (Å²) in [5.74, 6) is 0.116. The fourth-order valence-electron chi connectivity index (χ4n) is 3.68. The summed E-state index contributed by atoms with van der Waals surface area (Å²) in [4.78, 5) is 12.9. The van der Waals surface area contributed by atoms with Crippen molar-refractivity contribution in [3.8, 4) is 0 Å². The normalized spacial score (nSPS) is 17.3. The summed E-state index contributed by atoms with van der Waals surface area (Å²) >= 11 is 0. The van der Waals surface area contributed by atoms with E-state index in [1.54, 1.807) is 24.3 Å². The van der Waals surface area contributed by atoms with Gasteiger partial charge in [-0.15, -0.1) is 0 Å². The third-order valence-electron chi connectivity index (χ3n) is 5.02. The number of benzene rings is 2. The lowest BCUT2D eigenvalue weighted by atomic mass is 9.92. The molecule has 0 aliphatic carbocycles. The van der Waals surface area contributed by atoms with Crippen LogP contribution in [0.3, 0.4) is 0 Å². The van der Waals surface area contributed by atoms with Gasteiger partial charge in [-0.25, -0.2) is 14.2 Å². The average Bonchev–Trinajstić information content (AvgIpc) is 2.69. The lowest BCUT2D eigenvalue weighted by Gasteiger charge is -2.40. The van der Waals surface area contributed by atoms with Gasteiger partial charge in [0.25, 0.3) is 0 Å². The number of halogens is 1. The van der Waals surface area contributed by atoms with Gasteiger partial charge in [-0.05, 0) is 48.9 Å². The fraction of sp³-hybridized carbons (Fsp3) is 0.409. The molecule has 0 aromatic heterocycles. The number of amides is 2. The Morgan fingerprint density at radius 2 is 2.07 bits per heavy atom. The number of carbonyl (C=O) groups is 1. The van der Waals surface area contributed by atoms with E-state index in [1.807, 2.05) is 6.07 Å². The first-order valence-electron chi connectivity index (χ1n) is 9.77. The fourth-order valence-corrected chi connectivity index (χ4v) is 3.68. The molecule has 150 valence electrons. The summed E-state index contributed by atoms with van der Waals surface area (Å²) in [6, 6.07) is 16.1. The minimum absolute atomic E-state index is 0.261. The van der Waals surface area contributed by atoms with E-state index in [9.17, 15) is 9.18 Å². The van der Waals surface area contributed by atoms with Crippen LogP contribution >= 0.6 is 0 Å². The van der Waals surface area contributed by atoms with Crippen LogP contribution in [0.5, 0.6) is 0 Å². The van der Waals surface area contributed by atoms with E-state index in [-0.39, 0.29) is 11.8 Å². The number of piperidine rings is 1. The van der Waals surface area contributed by atoms with Crippen molar-refractivity contribution in [3.63, 3.8) is 0 Å². The van der Waals surface area contributed by atoms with Gasteiger partial charge in [0, 0.05) is 25.9 Å². The smallest absolute Gasteiger partial charge is 0.336 e. The number of hydrogen-bond donors (Lipinski definition) is 1. The first kappa shape index (κ1) is 20.3. The van der Waals surface area contributed by atoms with Crippen molar-refractivity contribution in [1.82, 2.24) is 10.0 Å². The van der Waals surface area contributed by atoms with Crippen molar-refractivity contribution in [3.05, 3.63) is 66.0 Å². The molecule has 0 spiro atoms. The molecular weight excluding hydrogens is 357 g/mol. The summed E-state index contributed by atoms with van der Waals surface area (Å²) in [6.07, 6.45) is 3.18. The Morgan fingerprint density at radius 1 is 1.25 bits per heavy atom. The number of nitrogens with one attached hydrogen (secondary N) is 1. The minimum Gasteiger partial charge on any atom is -0.383 e. The van der Waals surface area contributed by atoms with Gasteiger partial charge in [-0.3, -0.25) is 5.01 Å². The van der Waals surface area contributed by atoms with Crippen LogP contribution in [-0.2, 0) is 11.2 Å². The molecule has 0 saturated carbocycles. The predicted octanol–water partition coefficient (Wildman–Crippen LogP) is 4.18. The van der Waals surface area contributed by atoms with E-state index in [2.05, 4.69) is 34.6 Å². The number of rotatable bonds is 7. The minimum atomic E-state index is -0.373. The van der Waals surface area contributed by atoms with Crippen LogP contribution in [0, 0.1) is 11.7 Å². The predicted molar refractivity (Wildman–Crippen MR) is 108 cm³/mol. The molecule has 2 amide bonds. The van der Waals surface area contributed by atoms with Crippen LogP contribution < -0.4 is 5.32 Å². The highest BCUT2D eigenvalue weighted by molar-refractivity contribution is 5.88. The van der Waals surface area contributed by atoms with Crippen LogP contribution in [0.15, 0.2) is 54.6 Å². The topological polar surface area (TPSA) is 44.8 Å². The zero-order valence-electron chi connectivity index (χ0n) is 16.3. The molecular formula is C22H28FN3O2. The molecule has 28 heavy (non-hydrogen) atoms. The highest BCUT2D eigenvalue weighted by Crippen LogP contribution is 2.22. The molecule has 1 aliphatic heterocycles. The van der Waals surface area contributed by atoms with Gasteiger partial charge in [0.1, 0.15) is 5.82 Å². The molecule has 0 radical (unpaired) electrons. The van der Waals surface area contributed by atoms with Gasteiger partial charge in [0.15, 0.2) is 0 Å². The number of ether oxygens (including phenoxy) is 1. The molecule has 0 unspecified atom stereocenters. The van der Waals surface area contributed by atoms with Crippen molar-refractivity contribution >= 4 is 11.7 Å². The molecule has 0 bridgehead atoms. The molecule has 1 aliphatic rings. The van der Waals surface area contributed by atoms with Crippen molar-refractivity contribution < 1.29 is 13.9 Å². The van der Waals surface area contributed by atoms with E-state index >= 15 is 0 Å². The average molecular weight is 385 g/mol. The number of hydrazine groups is 1. The summed E-state index contributed by atoms with van der Waals surface area (Å²) in [6.45, 7) is 2.53. The van der Waals surface area contributed by atoms with Gasteiger partial charge in [-0.1, -0.05) is 36.4 Å². The van der Waals surface area contributed by atoms with Crippen LogP contribution in [0.2, 0.25) is 0 Å². The van der Waals surface area contributed by atoms with Crippen molar-refractivity contribution in [2.24, 2.45) is 5.92 Å². The zero-order chi connectivity index (χ0) is 19.8. The molecule has 3 rings (SSSR count). The van der Waals surface area contributed by atoms with Gasteiger partial charge in [-0.2, -0.15) is 0 Å². The Labute approximate surface area is 166 Å². The highest BCUT2D eigenvalue weighted by Gasteiger charge is 2.27. The molecule has 6 heteroatoms. The van der Waals surface area contributed by atoms with Crippen molar-refractivity contribution in [1.29, 1.82) is 0 Å². The standard InChI is InChI=1S/C22H28FN3O2/c1-28-14-13-26(22(27)24-21-11-5-10-20(23)16-21)25-12-6-9-19(17-25)15-18-7-3-2-4-8-18/h2-5,7-8,10-11,16,19H,6,9,12-15,17H2,1H3,(H,24,27)/t19-/m1/s1. The molecule has 2 aromatic carbocycles. The second kappa shape index (κ2) is 10.2. The largest absolute Gasteiger partial charge is 0.383 e. The summed E-state index contributed by atoms with van der Waals surface area (Å²) < 4.78 is 18.6. The Balaban J connectivity index is 1.66. The number of methoxy groups -OCH3 is 1. The highest BCUT2D eigenvalue weighted by atomic mass is 19.1. The third-order valence-corrected chi connectivity index (χ3v) is 5.02. The first-order valence-corrected chi connectivity index (χ1v) is 9.77. The maximum Gasteiger partial charge on any atom is 0.336 e. The first-order chi connectivity index (χ1) is 13.7. The Kier molecular flexibility index (Phi) is 7.39. The molecule has 5 nitrogen and oxygen atoms in total. The lowest BCUT2D eigenvalue weighted by molar-refractivity contribution is -0.0266. The van der Waals surface area contributed by atoms with E-state index in [0.29, 0.717) is 24.8 Å². The summed E-state index contributed by atoms with van der Waals surface area (Å²) in [5.41, 5.74) is 1.77. The van der Waals surface area contributed by atoms with Crippen molar-refractivity contribution in [2.45, 2.75) is 19.3 Å². The lowest BCUT2D eigenvalue weighted by Crippen LogP contribution is -2.53. The second-order valence-electron chi connectivity index (χ2n) is 7.17. The maximum absolute atomic E-state index is 13.4. The number of urea groups is 1. The molecule has 1 fully saturated rings. The Bertz CT molecular complexity index is 756. The number of hydrogen-bond acceptors (Lipinski definition) is 3. The number of carbonyl (C=O) groups excluding carboxylic acids is 1. The molecule has 2 aromatic rings. The van der Waals surface area contributed by atoms with Gasteiger partial charge >= 0.3 is 6.03 Å². The van der Waals surface area contributed by atoms with Gasteiger partial charge in [0.05, 0.1) is 13.2 Å². The summed E-state index contributed by atoms with van der Waals surface area (Å²) in [5, 5.41) is 6.61. The maximum atomic E-state index is 13.4. The number of nitrogens with zero attached hydrogens (tertiary/aromatic N) is 2. The van der Waals surface area contributed by atoms with Crippen LogP contribution in [0.25, 0.3) is 0 Å². The quantitative estimate of drug-likeness (QED) is 0.778. The molecule has 1 N–H and O–H groups in total. The Hall–Kier alpha value is -2.44. The Morgan fingerprint density at radius 3 is 2.82 bits per heavy atom. The van der Waals surface area contributed by atoms with E-state index in [4.69, 9.17) is 4.74 Å². The van der Waals surface area contributed by atoms with E-state index in [0.717, 1.165) is 32.4 Å². The van der Waals surface area contributed by atoms with Crippen molar-refractivity contribution in [2.75, 3.05) is 38.7 Å². The second-order valence-corrected chi connectivity index (χ2v) is 7.17. The van der Waals surface area contributed by atoms with E-state index < -0.39 is 0 Å².